The van der Waals surface area contributed by atoms with Gasteiger partial charge in [0.2, 0.25) is 11.7 Å². The van der Waals surface area contributed by atoms with E-state index in [0.717, 1.165) is 12.1 Å². The van der Waals surface area contributed by atoms with Gasteiger partial charge in [0, 0.05) is 23.7 Å². The van der Waals surface area contributed by atoms with Crippen LogP contribution < -0.4 is 4.74 Å². The molecule has 3 aromatic rings. The molecule has 0 N–H and O–H groups in total. The van der Waals surface area contributed by atoms with Crippen molar-refractivity contribution in [3.05, 3.63) is 51.4 Å². The normalized spacial score (nSPS) is 10.7. The van der Waals surface area contributed by atoms with Crippen LogP contribution in [0.25, 0.3) is 4.96 Å². The summed E-state index contributed by atoms with van der Waals surface area (Å²) >= 11 is 1.31. The number of aromatic nitrogens is 2. The van der Waals surface area contributed by atoms with Crippen LogP contribution >= 0.6 is 11.3 Å². The van der Waals surface area contributed by atoms with Gasteiger partial charge in [-0.05, 0) is 6.07 Å². The fourth-order valence-corrected chi connectivity index (χ4v) is 2.49. The van der Waals surface area contributed by atoms with Gasteiger partial charge in [-0.1, -0.05) is 0 Å². The molecule has 0 unspecified atom stereocenters. The summed E-state index contributed by atoms with van der Waals surface area (Å²) in [5.41, 5.74) is -0.464. The second-order valence-electron chi connectivity index (χ2n) is 3.95. The standard InChI is InChI=1S/C12H6FN3O4S/c13-8-5-7(1-2-9(8)16(18)19)20-11-10(6-17)15-3-4-21-12(15)14-11/h1-6H. The van der Waals surface area contributed by atoms with E-state index in [1.54, 1.807) is 11.6 Å². The summed E-state index contributed by atoms with van der Waals surface area (Å²) in [6.45, 7) is 0. The van der Waals surface area contributed by atoms with Gasteiger partial charge in [-0.3, -0.25) is 19.3 Å². The number of halogens is 1. The first-order valence-corrected chi connectivity index (χ1v) is 6.50. The summed E-state index contributed by atoms with van der Waals surface area (Å²) in [4.78, 5) is 25.5. The van der Waals surface area contributed by atoms with Crippen LogP contribution in [0.4, 0.5) is 10.1 Å². The van der Waals surface area contributed by atoms with Gasteiger partial charge in [-0.25, -0.2) is 0 Å². The SMILES string of the molecule is O=Cc1c(Oc2ccc([N+](=O)[O-])c(F)c2)nc2sccn12. The zero-order valence-electron chi connectivity index (χ0n) is 10.2. The van der Waals surface area contributed by atoms with Crippen molar-refractivity contribution in [2.75, 3.05) is 0 Å². The van der Waals surface area contributed by atoms with Gasteiger partial charge in [0.05, 0.1) is 4.92 Å². The second kappa shape index (κ2) is 4.94. The molecule has 0 bridgehead atoms. The van der Waals surface area contributed by atoms with Crippen molar-refractivity contribution in [1.29, 1.82) is 0 Å². The van der Waals surface area contributed by atoms with Crippen LogP contribution in [0.5, 0.6) is 11.6 Å². The number of rotatable bonds is 4. The minimum Gasteiger partial charge on any atom is -0.437 e. The zero-order valence-corrected chi connectivity index (χ0v) is 11.0. The van der Waals surface area contributed by atoms with Crippen LogP contribution in [0.2, 0.25) is 0 Å². The molecule has 2 aromatic heterocycles. The average molecular weight is 307 g/mol. The Labute approximate surface area is 120 Å². The van der Waals surface area contributed by atoms with E-state index in [1.807, 2.05) is 0 Å². The van der Waals surface area contributed by atoms with E-state index in [1.165, 1.54) is 21.8 Å². The maximum absolute atomic E-state index is 13.5. The van der Waals surface area contributed by atoms with Gasteiger partial charge < -0.3 is 4.74 Å². The van der Waals surface area contributed by atoms with Gasteiger partial charge in [0.15, 0.2) is 16.9 Å². The Balaban J connectivity index is 1.98. The minimum atomic E-state index is -1.02. The third-order valence-electron chi connectivity index (χ3n) is 2.71. The molecule has 0 atom stereocenters. The average Bonchev–Trinajstić information content (AvgIpc) is 2.98. The lowest BCUT2D eigenvalue weighted by Crippen LogP contribution is -1.95. The number of nitrogens with zero attached hydrogens (tertiary/aromatic N) is 3. The van der Waals surface area contributed by atoms with Crippen molar-refractivity contribution in [3.8, 4) is 11.6 Å². The number of nitro benzene ring substituents is 1. The highest BCUT2D eigenvalue weighted by Crippen LogP contribution is 2.29. The number of benzene rings is 1. The van der Waals surface area contributed by atoms with Crippen molar-refractivity contribution < 1.29 is 18.8 Å². The smallest absolute Gasteiger partial charge is 0.305 e. The zero-order chi connectivity index (χ0) is 15.0. The van der Waals surface area contributed by atoms with Gasteiger partial charge in [-0.2, -0.15) is 9.37 Å². The number of thiazole rings is 1. The van der Waals surface area contributed by atoms with Gasteiger partial charge in [0.25, 0.3) is 0 Å². The Hall–Kier alpha value is -2.81. The molecule has 7 nitrogen and oxygen atoms in total. The van der Waals surface area contributed by atoms with Crippen LogP contribution in [-0.2, 0) is 0 Å². The molecular formula is C12H6FN3O4S. The molecule has 2 heterocycles. The van der Waals surface area contributed by atoms with Crippen molar-refractivity contribution in [2.24, 2.45) is 0 Å². The van der Waals surface area contributed by atoms with E-state index in [0.29, 0.717) is 11.2 Å². The van der Waals surface area contributed by atoms with Crippen LogP contribution in [-0.4, -0.2) is 20.6 Å². The number of aldehydes is 1. The molecule has 106 valence electrons. The minimum absolute atomic E-state index is 0.0186. The monoisotopic (exact) mass is 307 g/mol. The molecule has 0 saturated heterocycles. The number of ether oxygens (including phenoxy) is 1. The highest BCUT2D eigenvalue weighted by Gasteiger charge is 2.18. The maximum Gasteiger partial charge on any atom is 0.305 e. The van der Waals surface area contributed by atoms with E-state index < -0.39 is 16.4 Å². The largest absolute Gasteiger partial charge is 0.437 e. The molecule has 0 fully saturated rings. The fourth-order valence-electron chi connectivity index (χ4n) is 1.78. The Morgan fingerprint density at radius 2 is 2.29 bits per heavy atom. The summed E-state index contributed by atoms with van der Waals surface area (Å²) in [6, 6.07) is 3.10. The van der Waals surface area contributed by atoms with Crippen molar-refractivity contribution in [3.63, 3.8) is 0 Å². The first-order valence-electron chi connectivity index (χ1n) is 5.62. The highest BCUT2D eigenvalue weighted by atomic mass is 32.1. The molecule has 3 rings (SSSR count). The molecule has 0 amide bonds. The summed E-state index contributed by atoms with van der Waals surface area (Å²) in [6.07, 6.45) is 2.23. The first-order chi connectivity index (χ1) is 10.1. The molecule has 9 heteroatoms. The number of hydrogen-bond acceptors (Lipinski definition) is 6. The van der Waals surface area contributed by atoms with E-state index in [2.05, 4.69) is 4.98 Å². The topological polar surface area (TPSA) is 86.7 Å². The van der Waals surface area contributed by atoms with E-state index in [4.69, 9.17) is 4.74 Å². The summed E-state index contributed by atoms with van der Waals surface area (Å²) in [5, 5.41) is 12.3. The molecule has 0 spiro atoms. The molecule has 21 heavy (non-hydrogen) atoms. The molecule has 0 saturated carbocycles. The van der Waals surface area contributed by atoms with E-state index in [-0.39, 0.29) is 17.3 Å². The highest BCUT2D eigenvalue weighted by molar-refractivity contribution is 7.15. The molecule has 1 aromatic carbocycles. The van der Waals surface area contributed by atoms with Gasteiger partial charge >= 0.3 is 5.69 Å². The van der Waals surface area contributed by atoms with Crippen LogP contribution in [0.3, 0.4) is 0 Å². The summed E-state index contributed by atoms with van der Waals surface area (Å²) in [5.74, 6) is -0.983. The number of hydrogen-bond donors (Lipinski definition) is 0. The first kappa shape index (κ1) is 13.2. The lowest BCUT2D eigenvalue weighted by Gasteiger charge is -2.03. The number of carbonyl (C=O) groups is 1. The van der Waals surface area contributed by atoms with Crippen molar-refractivity contribution in [1.82, 2.24) is 9.38 Å². The maximum atomic E-state index is 13.5. The fraction of sp³-hybridized carbons (Fsp3) is 0. The van der Waals surface area contributed by atoms with Crippen molar-refractivity contribution in [2.45, 2.75) is 0 Å². The Kier molecular flexibility index (Phi) is 3.10. The molecule has 0 aliphatic heterocycles. The summed E-state index contributed by atoms with van der Waals surface area (Å²) < 4.78 is 20.4. The molecule has 0 radical (unpaired) electrons. The Morgan fingerprint density at radius 3 is 2.95 bits per heavy atom. The van der Waals surface area contributed by atoms with E-state index >= 15 is 0 Å². The van der Waals surface area contributed by atoms with Crippen LogP contribution in [0.15, 0.2) is 29.8 Å². The van der Waals surface area contributed by atoms with Crippen molar-refractivity contribution >= 4 is 28.3 Å². The predicted molar refractivity (Wildman–Crippen MR) is 71.6 cm³/mol. The number of carbonyl (C=O) groups excluding carboxylic acids is 1. The Bertz CT molecular complexity index is 857. The predicted octanol–water partition coefficient (Wildman–Crippen LogP) is 3.05. The number of nitro groups is 1. The quantitative estimate of drug-likeness (QED) is 0.420. The molecular weight excluding hydrogens is 301 g/mol. The Morgan fingerprint density at radius 1 is 1.48 bits per heavy atom. The van der Waals surface area contributed by atoms with E-state index in [9.17, 15) is 19.3 Å². The third kappa shape index (κ3) is 2.23. The lowest BCUT2D eigenvalue weighted by atomic mass is 10.3. The number of fused-ring (bicyclic) bond motifs is 1. The van der Waals surface area contributed by atoms with Gasteiger partial charge in [0.1, 0.15) is 5.75 Å². The second-order valence-corrected chi connectivity index (χ2v) is 4.82. The molecule has 0 aliphatic carbocycles. The third-order valence-corrected chi connectivity index (χ3v) is 3.46. The van der Waals surface area contributed by atoms with Crippen LogP contribution in [0.1, 0.15) is 10.5 Å². The number of imidazole rings is 1. The summed E-state index contributed by atoms with van der Waals surface area (Å²) in [7, 11) is 0. The molecule has 0 aliphatic rings. The lowest BCUT2D eigenvalue weighted by molar-refractivity contribution is -0.387. The van der Waals surface area contributed by atoms with Crippen LogP contribution in [0, 0.1) is 15.9 Å². The van der Waals surface area contributed by atoms with Gasteiger partial charge in [-0.15, -0.1) is 11.3 Å².